The second-order valence-electron chi connectivity index (χ2n) is 11.6. The standard InChI is InChI=1S/C28H38N2O2/c1-18-7-9-19(10-8-18)17-29-25(31)21-16-28(3)23-13-15-27(2)14-5-6-22(27)20(23)11-12-24(28)30(4)26(21)32/h7-10,16,20,22-24H,5-6,11-15,17H2,1-4H3,(H,29,31)/t20-,22-,23+,24?,27-,28+/m0/s1. The van der Waals surface area contributed by atoms with Crippen LogP contribution in [0, 0.1) is 35.5 Å². The van der Waals surface area contributed by atoms with Gasteiger partial charge in [0, 0.05) is 25.0 Å². The molecule has 0 saturated heterocycles. The van der Waals surface area contributed by atoms with Crippen molar-refractivity contribution in [3.05, 3.63) is 47.0 Å². The van der Waals surface area contributed by atoms with E-state index in [1.807, 2.05) is 36.2 Å². The Kier molecular flexibility index (Phi) is 5.26. The van der Waals surface area contributed by atoms with E-state index >= 15 is 0 Å². The van der Waals surface area contributed by atoms with Crippen LogP contribution in [0.15, 0.2) is 35.9 Å². The van der Waals surface area contributed by atoms with E-state index in [4.69, 9.17) is 0 Å². The van der Waals surface area contributed by atoms with Crippen molar-refractivity contribution < 1.29 is 9.59 Å². The molecule has 1 aromatic carbocycles. The summed E-state index contributed by atoms with van der Waals surface area (Å²) in [4.78, 5) is 28.3. The first-order chi connectivity index (χ1) is 15.2. The third kappa shape index (κ3) is 3.33. The molecule has 32 heavy (non-hydrogen) atoms. The number of nitrogens with one attached hydrogen (secondary N) is 1. The predicted octanol–water partition coefficient (Wildman–Crippen LogP) is 5.01. The fourth-order valence-electron chi connectivity index (χ4n) is 8.03. The van der Waals surface area contributed by atoms with E-state index in [0.717, 1.165) is 23.8 Å². The van der Waals surface area contributed by atoms with Gasteiger partial charge < -0.3 is 10.2 Å². The zero-order chi connectivity index (χ0) is 22.7. The topological polar surface area (TPSA) is 49.4 Å². The number of carbonyl (C=O) groups excluding carboxylic acids is 2. The Balaban J connectivity index is 1.41. The second-order valence-corrected chi connectivity index (χ2v) is 11.6. The largest absolute Gasteiger partial charge is 0.348 e. The van der Waals surface area contributed by atoms with Crippen molar-refractivity contribution in [2.24, 2.45) is 28.6 Å². The van der Waals surface area contributed by atoms with Crippen LogP contribution in [-0.4, -0.2) is 29.8 Å². The summed E-state index contributed by atoms with van der Waals surface area (Å²) in [5, 5.41) is 3.01. The van der Waals surface area contributed by atoms with Crippen molar-refractivity contribution in [2.45, 2.75) is 78.3 Å². The van der Waals surface area contributed by atoms with E-state index in [0.29, 0.717) is 23.5 Å². The molecule has 0 aromatic heterocycles. The summed E-state index contributed by atoms with van der Waals surface area (Å²) in [5.41, 5.74) is 2.99. The lowest BCUT2D eigenvalue weighted by molar-refractivity contribution is -0.141. The normalized spacial score (nSPS) is 38.4. The van der Waals surface area contributed by atoms with Gasteiger partial charge in [0.2, 0.25) is 0 Å². The summed E-state index contributed by atoms with van der Waals surface area (Å²) in [6.07, 6.45) is 11.0. The van der Waals surface area contributed by atoms with Crippen LogP contribution in [-0.2, 0) is 16.1 Å². The fourth-order valence-corrected chi connectivity index (χ4v) is 8.03. The van der Waals surface area contributed by atoms with E-state index < -0.39 is 0 Å². The van der Waals surface area contributed by atoms with Crippen molar-refractivity contribution in [3.63, 3.8) is 0 Å². The highest BCUT2D eigenvalue weighted by molar-refractivity contribution is 6.19. The molecule has 2 amide bonds. The number of aryl methyl sites for hydroxylation is 1. The van der Waals surface area contributed by atoms with E-state index in [1.165, 1.54) is 44.1 Å². The first-order valence-corrected chi connectivity index (χ1v) is 12.6. The lowest BCUT2D eigenvalue weighted by atomic mass is 9.48. The van der Waals surface area contributed by atoms with Gasteiger partial charge >= 0.3 is 0 Å². The van der Waals surface area contributed by atoms with Gasteiger partial charge in [-0.25, -0.2) is 0 Å². The Morgan fingerprint density at radius 1 is 1.06 bits per heavy atom. The first-order valence-electron chi connectivity index (χ1n) is 12.6. The molecule has 6 atom stereocenters. The van der Waals surface area contributed by atoms with Crippen molar-refractivity contribution >= 4 is 11.8 Å². The van der Waals surface area contributed by atoms with Crippen LogP contribution >= 0.6 is 0 Å². The third-order valence-corrected chi connectivity index (χ3v) is 9.80. The van der Waals surface area contributed by atoms with Crippen LogP contribution in [0.3, 0.4) is 0 Å². The van der Waals surface area contributed by atoms with Gasteiger partial charge in [0.25, 0.3) is 11.8 Å². The van der Waals surface area contributed by atoms with Crippen LogP contribution in [0.5, 0.6) is 0 Å². The maximum absolute atomic E-state index is 13.2. The Morgan fingerprint density at radius 2 is 1.81 bits per heavy atom. The monoisotopic (exact) mass is 434 g/mol. The van der Waals surface area contributed by atoms with Gasteiger partial charge in [0.05, 0.1) is 0 Å². The quantitative estimate of drug-likeness (QED) is 0.680. The third-order valence-electron chi connectivity index (χ3n) is 9.80. The molecule has 4 aliphatic rings. The molecular weight excluding hydrogens is 396 g/mol. The number of rotatable bonds is 3. The molecule has 172 valence electrons. The van der Waals surface area contributed by atoms with Gasteiger partial charge in [0.15, 0.2) is 0 Å². The molecular formula is C28H38N2O2. The molecule has 4 nitrogen and oxygen atoms in total. The number of nitrogens with zero attached hydrogens (tertiary/aromatic N) is 1. The van der Waals surface area contributed by atoms with Gasteiger partial charge in [-0.2, -0.15) is 0 Å². The Bertz CT molecular complexity index is 951. The van der Waals surface area contributed by atoms with Crippen LogP contribution in [0.2, 0.25) is 0 Å². The maximum Gasteiger partial charge on any atom is 0.259 e. The van der Waals surface area contributed by atoms with E-state index in [1.54, 1.807) is 0 Å². The highest BCUT2D eigenvalue weighted by Gasteiger charge is 2.59. The van der Waals surface area contributed by atoms with Crippen LogP contribution in [0.25, 0.3) is 0 Å². The van der Waals surface area contributed by atoms with Crippen molar-refractivity contribution in [2.75, 3.05) is 7.05 Å². The number of hydrogen-bond donors (Lipinski definition) is 1. The van der Waals surface area contributed by atoms with Gasteiger partial charge in [-0.1, -0.05) is 56.2 Å². The molecule has 1 unspecified atom stereocenters. The van der Waals surface area contributed by atoms with Crippen molar-refractivity contribution in [3.8, 4) is 0 Å². The Hall–Kier alpha value is -2.10. The summed E-state index contributed by atoms with van der Waals surface area (Å²) in [5.74, 6) is 1.76. The van der Waals surface area contributed by atoms with Crippen molar-refractivity contribution in [1.82, 2.24) is 10.2 Å². The summed E-state index contributed by atoms with van der Waals surface area (Å²) in [6, 6.07) is 8.36. The SMILES string of the molecule is Cc1ccc(CNC(=O)C2=C[C@@]3(C)C(CC[C@@H]4[C@H]3CC[C@]3(C)CCC[C@@H]43)N(C)C2=O)cc1. The molecule has 1 aliphatic heterocycles. The fraction of sp³-hybridized carbons (Fsp3) is 0.643. The van der Waals surface area contributed by atoms with Gasteiger partial charge in [-0.15, -0.1) is 0 Å². The predicted molar refractivity (Wildman–Crippen MR) is 127 cm³/mol. The first kappa shape index (κ1) is 21.7. The lowest BCUT2D eigenvalue weighted by Crippen LogP contribution is -2.61. The minimum Gasteiger partial charge on any atom is -0.348 e. The molecule has 3 fully saturated rings. The molecule has 0 radical (unpaired) electrons. The molecule has 3 saturated carbocycles. The molecule has 1 N–H and O–H groups in total. The van der Waals surface area contributed by atoms with Crippen LogP contribution in [0.4, 0.5) is 0 Å². The molecule has 0 bridgehead atoms. The minimum atomic E-state index is -0.231. The number of fused-ring (bicyclic) bond motifs is 5. The number of benzene rings is 1. The molecule has 1 aromatic rings. The van der Waals surface area contributed by atoms with Crippen LogP contribution in [0.1, 0.15) is 69.9 Å². The summed E-state index contributed by atoms with van der Waals surface area (Å²) < 4.78 is 0. The summed E-state index contributed by atoms with van der Waals surface area (Å²) in [6.45, 7) is 7.35. The van der Waals surface area contributed by atoms with Crippen LogP contribution < -0.4 is 5.32 Å². The summed E-state index contributed by atoms with van der Waals surface area (Å²) in [7, 11) is 1.91. The van der Waals surface area contributed by atoms with Gasteiger partial charge in [-0.3, -0.25) is 9.59 Å². The van der Waals surface area contributed by atoms with Crippen molar-refractivity contribution in [1.29, 1.82) is 0 Å². The molecule has 5 rings (SSSR count). The molecule has 4 heteroatoms. The second kappa shape index (κ2) is 7.74. The zero-order valence-electron chi connectivity index (χ0n) is 20.1. The smallest absolute Gasteiger partial charge is 0.259 e. The zero-order valence-corrected chi connectivity index (χ0v) is 20.1. The number of likely N-dealkylation sites (N-methyl/N-ethyl adjacent to an activating group) is 1. The average Bonchev–Trinajstić information content (AvgIpc) is 3.17. The van der Waals surface area contributed by atoms with E-state index in [9.17, 15) is 9.59 Å². The van der Waals surface area contributed by atoms with Gasteiger partial charge in [-0.05, 0) is 74.2 Å². The highest BCUT2D eigenvalue weighted by Crippen LogP contribution is 2.64. The number of hydrogen-bond acceptors (Lipinski definition) is 2. The van der Waals surface area contributed by atoms with E-state index in [2.05, 4.69) is 32.2 Å². The van der Waals surface area contributed by atoms with E-state index in [-0.39, 0.29) is 23.3 Å². The average molecular weight is 435 g/mol. The Labute approximate surface area is 192 Å². The molecule has 1 heterocycles. The number of amides is 2. The lowest BCUT2D eigenvalue weighted by Gasteiger charge is -2.60. The Morgan fingerprint density at radius 3 is 2.56 bits per heavy atom. The number of carbonyl (C=O) groups is 2. The highest BCUT2D eigenvalue weighted by atomic mass is 16.2. The summed E-state index contributed by atoms with van der Waals surface area (Å²) >= 11 is 0. The van der Waals surface area contributed by atoms with Gasteiger partial charge in [0.1, 0.15) is 5.57 Å². The maximum atomic E-state index is 13.2. The minimum absolute atomic E-state index is 0.117. The molecule has 0 spiro atoms. The molecule has 3 aliphatic carbocycles.